The maximum absolute atomic E-state index is 8.04. The van der Waals surface area contributed by atoms with Gasteiger partial charge in [-0.15, -0.1) is 0 Å². The van der Waals surface area contributed by atoms with Gasteiger partial charge in [-0.3, -0.25) is 0 Å². The Balaban J connectivity index is 3.29. The van der Waals surface area contributed by atoms with E-state index in [1.807, 2.05) is 20.9 Å². The molecule has 0 aromatic rings. The van der Waals surface area contributed by atoms with Gasteiger partial charge in [-0.2, -0.15) is 0 Å². The average molecular weight is 186 g/mol. The smallest absolute Gasteiger partial charge is 0.0596 e. The minimum absolute atomic E-state index is 0.283. The van der Waals surface area contributed by atoms with Gasteiger partial charge in [0.15, 0.2) is 0 Å². The van der Waals surface area contributed by atoms with E-state index in [1.54, 1.807) is 0 Å². The molecule has 5 heteroatoms. The first kappa shape index (κ1) is 12.2. The van der Waals surface area contributed by atoms with E-state index in [-0.39, 0.29) is 6.10 Å². The fraction of sp³-hybridized carbons (Fsp3) is 1.00. The van der Waals surface area contributed by atoms with Gasteiger partial charge in [0.1, 0.15) is 0 Å². The Morgan fingerprint density at radius 2 is 2.15 bits per heavy atom. The second-order valence-electron chi connectivity index (χ2n) is 3.18. The molecule has 0 spiro atoms. The molecule has 0 heterocycles. The van der Waals surface area contributed by atoms with Gasteiger partial charge in [-0.05, 0) is 26.4 Å². The second-order valence-corrected chi connectivity index (χ2v) is 3.18. The standard InChI is InChI=1S/C8H18N4O/c1-8(2)13-7-6-12(3)5-4-10-11-9/h8H,4-7H2,1-3H3. The molecule has 0 fully saturated rings. The zero-order valence-electron chi connectivity index (χ0n) is 8.60. The van der Waals surface area contributed by atoms with E-state index in [9.17, 15) is 0 Å². The summed E-state index contributed by atoms with van der Waals surface area (Å²) in [6.45, 7) is 6.93. The lowest BCUT2D eigenvalue weighted by molar-refractivity contribution is 0.0644. The summed E-state index contributed by atoms with van der Waals surface area (Å²) in [5.41, 5.74) is 8.04. The van der Waals surface area contributed by atoms with Crippen LogP contribution in [0.15, 0.2) is 5.11 Å². The van der Waals surface area contributed by atoms with Crippen LogP contribution in [-0.2, 0) is 4.74 Å². The predicted octanol–water partition coefficient (Wildman–Crippen LogP) is 1.65. The topological polar surface area (TPSA) is 61.2 Å². The molecule has 0 N–H and O–H groups in total. The third-order valence-corrected chi connectivity index (χ3v) is 1.57. The summed E-state index contributed by atoms with van der Waals surface area (Å²) in [6, 6.07) is 0. The Labute approximate surface area is 79.3 Å². The molecule has 5 nitrogen and oxygen atoms in total. The van der Waals surface area contributed by atoms with Crippen molar-refractivity contribution in [2.75, 3.05) is 33.3 Å². The van der Waals surface area contributed by atoms with Gasteiger partial charge in [0.2, 0.25) is 0 Å². The molecule has 0 atom stereocenters. The lowest BCUT2D eigenvalue weighted by Crippen LogP contribution is -2.26. The van der Waals surface area contributed by atoms with Crippen molar-refractivity contribution in [3.05, 3.63) is 10.4 Å². The van der Waals surface area contributed by atoms with E-state index in [0.29, 0.717) is 6.54 Å². The fourth-order valence-corrected chi connectivity index (χ4v) is 0.816. The van der Waals surface area contributed by atoms with Crippen molar-refractivity contribution < 1.29 is 4.74 Å². The predicted molar refractivity (Wildman–Crippen MR) is 52.6 cm³/mol. The SMILES string of the molecule is CC(C)OCCN(C)CCN=[N+]=[N-]. The Morgan fingerprint density at radius 1 is 1.46 bits per heavy atom. The molecule has 0 saturated heterocycles. The van der Waals surface area contributed by atoms with Crippen LogP contribution in [0, 0.1) is 0 Å². The summed E-state index contributed by atoms with van der Waals surface area (Å²) in [4.78, 5) is 4.76. The van der Waals surface area contributed by atoms with Crippen molar-refractivity contribution in [1.29, 1.82) is 0 Å². The summed E-state index contributed by atoms with van der Waals surface area (Å²) in [5.74, 6) is 0. The van der Waals surface area contributed by atoms with Gasteiger partial charge in [-0.25, -0.2) is 0 Å². The molecular formula is C8H18N4O. The molecule has 0 unspecified atom stereocenters. The van der Waals surface area contributed by atoms with Crippen molar-refractivity contribution >= 4 is 0 Å². The fourth-order valence-electron chi connectivity index (χ4n) is 0.816. The first-order valence-electron chi connectivity index (χ1n) is 4.47. The quantitative estimate of drug-likeness (QED) is 0.345. The number of ether oxygens (including phenoxy) is 1. The monoisotopic (exact) mass is 186 g/mol. The molecular weight excluding hydrogens is 168 g/mol. The first-order valence-corrected chi connectivity index (χ1v) is 4.47. The summed E-state index contributed by atoms with van der Waals surface area (Å²) < 4.78 is 5.37. The molecule has 0 amide bonds. The Hall–Kier alpha value is -0.770. The molecule has 13 heavy (non-hydrogen) atoms. The molecule has 0 rings (SSSR count). The molecule has 0 aromatic heterocycles. The van der Waals surface area contributed by atoms with Gasteiger partial charge in [-0.1, -0.05) is 5.11 Å². The maximum atomic E-state index is 8.04. The van der Waals surface area contributed by atoms with Crippen LogP contribution < -0.4 is 0 Å². The third-order valence-electron chi connectivity index (χ3n) is 1.57. The lowest BCUT2D eigenvalue weighted by atomic mass is 10.5. The highest BCUT2D eigenvalue weighted by molar-refractivity contribution is 4.54. The van der Waals surface area contributed by atoms with E-state index >= 15 is 0 Å². The molecule has 0 aliphatic heterocycles. The first-order chi connectivity index (χ1) is 6.16. The van der Waals surface area contributed by atoms with Crippen LogP contribution in [0.1, 0.15) is 13.8 Å². The van der Waals surface area contributed by atoms with E-state index in [2.05, 4.69) is 14.9 Å². The number of nitrogens with zero attached hydrogens (tertiary/aromatic N) is 4. The molecule has 0 saturated carbocycles. The minimum atomic E-state index is 0.283. The largest absolute Gasteiger partial charge is 0.377 e. The van der Waals surface area contributed by atoms with Crippen molar-refractivity contribution in [1.82, 2.24) is 4.90 Å². The summed E-state index contributed by atoms with van der Waals surface area (Å²) in [5, 5.41) is 3.45. The molecule has 76 valence electrons. The highest BCUT2D eigenvalue weighted by atomic mass is 16.5. The van der Waals surface area contributed by atoms with Gasteiger partial charge < -0.3 is 9.64 Å². The van der Waals surface area contributed by atoms with Gasteiger partial charge >= 0.3 is 0 Å². The Kier molecular flexibility index (Phi) is 7.39. The van der Waals surface area contributed by atoms with Crippen molar-refractivity contribution in [3.8, 4) is 0 Å². The number of hydrogen-bond donors (Lipinski definition) is 0. The number of rotatable bonds is 7. The van der Waals surface area contributed by atoms with Gasteiger partial charge in [0.25, 0.3) is 0 Å². The summed E-state index contributed by atoms with van der Waals surface area (Å²) >= 11 is 0. The molecule has 0 aliphatic rings. The highest BCUT2D eigenvalue weighted by Crippen LogP contribution is 1.89. The van der Waals surface area contributed by atoms with Gasteiger partial charge in [0, 0.05) is 24.5 Å². The van der Waals surface area contributed by atoms with Crippen LogP contribution in [0.5, 0.6) is 0 Å². The minimum Gasteiger partial charge on any atom is -0.377 e. The highest BCUT2D eigenvalue weighted by Gasteiger charge is 1.98. The van der Waals surface area contributed by atoms with E-state index in [4.69, 9.17) is 10.3 Å². The van der Waals surface area contributed by atoms with E-state index < -0.39 is 0 Å². The van der Waals surface area contributed by atoms with Gasteiger partial charge in [0.05, 0.1) is 12.7 Å². The van der Waals surface area contributed by atoms with Crippen molar-refractivity contribution in [3.63, 3.8) is 0 Å². The van der Waals surface area contributed by atoms with E-state index in [1.165, 1.54) is 0 Å². The second kappa shape index (κ2) is 7.86. The lowest BCUT2D eigenvalue weighted by Gasteiger charge is -2.16. The summed E-state index contributed by atoms with van der Waals surface area (Å²) in [7, 11) is 1.98. The zero-order valence-corrected chi connectivity index (χ0v) is 8.60. The van der Waals surface area contributed by atoms with Crippen LogP contribution in [0.25, 0.3) is 10.4 Å². The molecule has 0 bridgehead atoms. The van der Waals surface area contributed by atoms with Crippen LogP contribution in [0.3, 0.4) is 0 Å². The average Bonchev–Trinajstić information content (AvgIpc) is 2.04. The summed E-state index contributed by atoms with van der Waals surface area (Å²) in [6.07, 6.45) is 0.283. The van der Waals surface area contributed by atoms with Crippen LogP contribution in [-0.4, -0.2) is 44.3 Å². The van der Waals surface area contributed by atoms with E-state index in [0.717, 1.165) is 19.7 Å². The maximum Gasteiger partial charge on any atom is 0.0596 e. The van der Waals surface area contributed by atoms with Crippen LogP contribution >= 0.6 is 0 Å². The number of hydrogen-bond acceptors (Lipinski definition) is 3. The van der Waals surface area contributed by atoms with Crippen LogP contribution in [0.2, 0.25) is 0 Å². The van der Waals surface area contributed by atoms with Crippen molar-refractivity contribution in [2.24, 2.45) is 5.11 Å². The number of likely N-dealkylation sites (N-methyl/N-ethyl adjacent to an activating group) is 1. The third kappa shape index (κ3) is 9.14. The number of azide groups is 1. The molecule has 0 aromatic carbocycles. The van der Waals surface area contributed by atoms with Crippen molar-refractivity contribution in [2.45, 2.75) is 20.0 Å². The van der Waals surface area contributed by atoms with Crippen LogP contribution in [0.4, 0.5) is 0 Å². The Bertz CT molecular complexity index is 166. The zero-order chi connectivity index (χ0) is 10.1. The molecule has 0 aliphatic carbocycles. The molecule has 0 radical (unpaired) electrons. The Morgan fingerprint density at radius 3 is 2.69 bits per heavy atom. The normalized spacial score (nSPS) is 10.5.